The number of carbonyl (C=O) groups is 1. The first-order chi connectivity index (χ1) is 11.5. The molecule has 134 valence electrons. The average Bonchev–Trinajstić information content (AvgIpc) is 2.83. The van der Waals surface area contributed by atoms with Gasteiger partial charge in [-0.2, -0.15) is 16.9 Å². The Hall–Kier alpha value is -1.05. The van der Waals surface area contributed by atoms with Crippen LogP contribution in [0.25, 0.3) is 0 Å². The molecule has 0 bridgehead atoms. The Labute approximate surface area is 148 Å². The molecule has 6 nitrogen and oxygen atoms in total. The Balaban J connectivity index is 1.47. The van der Waals surface area contributed by atoms with Gasteiger partial charge in [0.2, 0.25) is 5.91 Å². The van der Waals surface area contributed by atoms with E-state index in [1.54, 1.807) is 0 Å². The molecule has 1 aromatic heterocycles. The second-order valence-corrected chi connectivity index (χ2v) is 8.01. The number of amides is 1. The maximum Gasteiger partial charge on any atom is 0.224 e. The molecule has 3 heterocycles. The average molecular weight is 352 g/mol. The molecule has 2 fully saturated rings. The smallest absolute Gasteiger partial charge is 0.224 e. The molecule has 1 aromatic rings. The molecule has 1 N–H and O–H groups in total. The number of nitrogens with one attached hydrogen (secondary N) is 1. The van der Waals surface area contributed by atoms with E-state index in [-0.39, 0.29) is 0 Å². The minimum Gasteiger partial charge on any atom is -0.340 e. The second kappa shape index (κ2) is 7.89. The first-order valence-electron chi connectivity index (χ1n) is 8.85. The fraction of sp³-hybridized carbons (Fsp3) is 0.765. The van der Waals surface area contributed by atoms with Crippen LogP contribution in [-0.4, -0.2) is 75.8 Å². The van der Waals surface area contributed by atoms with E-state index in [0.29, 0.717) is 18.4 Å². The van der Waals surface area contributed by atoms with Crippen LogP contribution in [-0.2, 0) is 18.4 Å². The van der Waals surface area contributed by atoms with Crippen molar-refractivity contribution in [3.8, 4) is 0 Å². The van der Waals surface area contributed by atoms with Crippen molar-refractivity contribution in [3.63, 3.8) is 0 Å². The zero-order valence-corrected chi connectivity index (χ0v) is 15.9. The summed E-state index contributed by atoms with van der Waals surface area (Å²) in [6.45, 7) is 9.77. The van der Waals surface area contributed by atoms with Crippen LogP contribution in [0.15, 0.2) is 0 Å². The topological polar surface area (TPSA) is 53.4 Å². The van der Waals surface area contributed by atoms with Crippen molar-refractivity contribution in [2.24, 2.45) is 7.05 Å². The van der Waals surface area contributed by atoms with Crippen LogP contribution in [0.4, 0.5) is 0 Å². The van der Waals surface area contributed by atoms with E-state index in [1.165, 1.54) is 11.3 Å². The number of piperazine rings is 1. The monoisotopic (exact) mass is 351 g/mol. The van der Waals surface area contributed by atoms with Gasteiger partial charge >= 0.3 is 0 Å². The van der Waals surface area contributed by atoms with Crippen molar-refractivity contribution in [1.29, 1.82) is 0 Å². The molecule has 0 radical (unpaired) electrons. The van der Waals surface area contributed by atoms with E-state index in [0.717, 1.165) is 56.5 Å². The molecule has 0 spiro atoms. The van der Waals surface area contributed by atoms with Gasteiger partial charge in [-0.05, 0) is 13.8 Å². The molecule has 2 aliphatic rings. The third-order valence-corrected chi connectivity index (χ3v) is 6.32. The number of thioether (sulfide) groups is 1. The van der Waals surface area contributed by atoms with Gasteiger partial charge in [-0.1, -0.05) is 0 Å². The lowest BCUT2D eigenvalue weighted by Crippen LogP contribution is -2.50. The largest absolute Gasteiger partial charge is 0.340 e. The van der Waals surface area contributed by atoms with Crippen LogP contribution < -0.4 is 5.32 Å². The Kier molecular flexibility index (Phi) is 5.84. The molecular weight excluding hydrogens is 322 g/mol. The summed E-state index contributed by atoms with van der Waals surface area (Å²) in [7, 11) is 2.00. The van der Waals surface area contributed by atoms with Crippen molar-refractivity contribution < 1.29 is 4.79 Å². The van der Waals surface area contributed by atoms with E-state index >= 15 is 0 Å². The number of carbonyl (C=O) groups excluding carboxylic acids is 1. The fourth-order valence-electron chi connectivity index (χ4n) is 3.52. The maximum atomic E-state index is 12.5. The standard InChI is InChI=1S/C17H29N5OS/c1-13-16(14(2)20(3)19-13)11-21-5-7-22(8-6-21)17(23)10-15-12-24-9-4-18-15/h15,18H,4-12H2,1-3H3. The normalized spacial score (nSPS) is 22.8. The molecule has 24 heavy (non-hydrogen) atoms. The van der Waals surface area contributed by atoms with Gasteiger partial charge in [-0.25, -0.2) is 0 Å². The highest BCUT2D eigenvalue weighted by Crippen LogP contribution is 2.17. The predicted octanol–water partition coefficient (Wildman–Crippen LogP) is 0.776. The zero-order chi connectivity index (χ0) is 17.1. The summed E-state index contributed by atoms with van der Waals surface area (Å²) in [4.78, 5) is 17.0. The van der Waals surface area contributed by atoms with Crippen molar-refractivity contribution in [2.45, 2.75) is 32.9 Å². The molecule has 0 aromatic carbocycles. The molecule has 3 rings (SSSR count). The summed E-state index contributed by atoms with van der Waals surface area (Å²) < 4.78 is 1.96. The van der Waals surface area contributed by atoms with Crippen molar-refractivity contribution in [3.05, 3.63) is 17.0 Å². The third-order valence-electron chi connectivity index (χ3n) is 5.19. The van der Waals surface area contributed by atoms with Crippen molar-refractivity contribution >= 4 is 17.7 Å². The van der Waals surface area contributed by atoms with Crippen LogP contribution in [0.3, 0.4) is 0 Å². The van der Waals surface area contributed by atoms with Gasteiger partial charge in [0.25, 0.3) is 0 Å². The minimum absolute atomic E-state index is 0.309. The van der Waals surface area contributed by atoms with Crippen LogP contribution in [0.5, 0.6) is 0 Å². The highest BCUT2D eigenvalue weighted by Gasteiger charge is 2.25. The van der Waals surface area contributed by atoms with Crippen LogP contribution >= 0.6 is 11.8 Å². The van der Waals surface area contributed by atoms with Gasteiger partial charge in [0.15, 0.2) is 0 Å². The first-order valence-corrected chi connectivity index (χ1v) is 10.0. The number of aromatic nitrogens is 2. The molecule has 1 amide bonds. The summed E-state index contributed by atoms with van der Waals surface area (Å²) in [5.74, 6) is 2.53. The van der Waals surface area contributed by atoms with Crippen molar-refractivity contribution in [2.75, 3.05) is 44.2 Å². The molecule has 1 atom stereocenters. The highest BCUT2D eigenvalue weighted by molar-refractivity contribution is 7.99. The van der Waals surface area contributed by atoms with E-state index in [1.807, 2.05) is 28.4 Å². The molecule has 2 saturated heterocycles. The van der Waals surface area contributed by atoms with E-state index < -0.39 is 0 Å². The summed E-state index contributed by atoms with van der Waals surface area (Å²) >= 11 is 1.95. The Morgan fingerprint density at radius 3 is 2.62 bits per heavy atom. The lowest BCUT2D eigenvalue weighted by atomic mass is 10.1. The lowest BCUT2D eigenvalue weighted by Gasteiger charge is -2.35. The predicted molar refractivity (Wildman–Crippen MR) is 98.3 cm³/mol. The minimum atomic E-state index is 0.309. The number of hydrogen-bond donors (Lipinski definition) is 1. The SMILES string of the molecule is Cc1nn(C)c(C)c1CN1CCN(C(=O)CC2CSCCN2)CC1. The Morgan fingerprint density at radius 1 is 1.29 bits per heavy atom. The van der Waals surface area contributed by atoms with Gasteiger partial charge in [0, 0.05) is 81.5 Å². The second-order valence-electron chi connectivity index (χ2n) is 6.86. The third kappa shape index (κ3) is 4.13. The van der Waals surface area contributed by atoms with Gasteiger partial charge < -0.3 is 10.2 Å². The summed E-state index contributed by atoms with van der Waals surface area (Å²) in [5, 5.41) is 7.96. The molecule has 1 unspecified atom stereocenters. The van der Waals surface area contributed by atoms with Gasteiger partial charge in [-0.15, -0.1) is 0 Å². The van der Waals surface area contributed by atoms with Crippen LogP contribution in [0.2, 0.25) is 0 Å². The lowest BCUT2D eigenvalue weighted by molar-refractivity contribution is -0.133. The fourth-order valence-corrected chi connectivity index (χ4v) is 4.47. The van der Waals surface area contributed by atoms with Crippen LogP contribution in [0.1, 0.15) is 23.4 Å². The van der Waals surface area contributed by atoms with Crippen molar-refractivity contribution in [1.82, 2.24) is 24.9 Å². The molecule has 0 aliphatic carbocycles. The van der Waals surface area contributed by atoms with E-state index in [2.05, 4.69) is 29.2 Å². The van der Waals surface area contributed by atoms with Gasteiger partial charge in [0.1, 0.15) is 0 Å². The number of rotatable bonds is 4. The first kappa shape index (κ1) is 17.8. The molecular formula is C17H29N5OS. The molecule has 2 aliphatic heterocycles. The van der Waals surface area contributed by atoms with Gasteiger partial charge in [-0.3, -0.25) is 14.4 Å². The summed E-state index contributed by atoms with van der Waals surface area (Å²) in [6, 6.07) is 0.356. The number of nitrogens with zero attached hydrogens (tertiary/aromatic N) is 4. The number of hydrogen-bond acceptors (Lipinski definition) is 5. The number of aryl methyl sites for hydroxylation is 2. The maximum absolute atomic E-state index is 12.5. The Bertz CT molecular complexity index is 574. The van der Waals surface area contributed by atoms with E-state index in [9.17, 15) is 4.79 Å². The summed E-state index contributed by atoms with van der Waals surface area (Å²) in [5.41, 5.74) is 3.70. The highest BCUT2D eigenvalue weighted by atomic mass is 32.2. The molecule has 0 saturated carbocycles. The van der Waals surface area contributed by atoms with Crippen LogP contribution in [0, 0.1) is 13.8 Å². The zero-order valence-electron chi connectivity index (χ0n) is 15.0. The van der Waals surface area contributed by atoms with E-state index in [4.69, 9.17) is 0 Å². The quantitative estimate of drug-likeness (QED) is 0.869. The Morgan fingerprint density at radius 2 is 2.04 bits per heavy atom. The van der Waals surface area contributed by atoms with Gasteiger partial charge in [0.05, 0.1) is 5.69 Å². The summed E-state index contributed by atoms with van der Waals surface area (Å²) in [6.07, 6.45) is 0.647. The molecule has 7 heteroatoms.